The van der Waals surface area contributed by atoms with Crippen molar-refractivity contribution in [3.63, 3.8) is 0 Å². The Kier molecular flexibility index (Phi) is 6.32. The van der Waals surface area contributed by atoms with Gasteiger partial charge in [-0.15, -0.1) is 0 Å². The number of imidazole rings is 1. The van der Waals surface area contributed by atoms with E-state index in [-0.39, 0.29) is 5.56 Å². The molecule has 0 fully saturated rings. The Morgan fingerprint density at radius 2 is 1.63 bits per heavy atom. The van der Waals surface area contributed by atoms with Gasteiger partial charge in [-0.3, -0.25) is 20.4 Å². The van der Waals surface area contributed by atoms with Gasteiger partial charge in [0.15, 0.2) is 5.16 Å². The maximum Gasteiger partial charge on any atom is 0.275 e. The van der Waals surface area contributed by atoms with E-state index >= 15 is 0 Å². The Morgan fingerprint density at radius 1 is 0.914 bits per heavy atom. The molecular weight excluding hydrogens is 462 g/mol. The number of hydrogen-bond acceptors (Lipinski definition) is 6. The number of H-pyrrole nitrogens is 1. The van der Waals surface area contributed by atoms with Crippen molar-refractivity contribution in [3.05, 3.63) is 101 Å². The summed E-state index contributed by atoms with van der Waals surface area (Å²) in [5, 5.41) is 4.84. The van der Waals surface area contributed by atoms with Gasteiger partial charge in [-0.2, -0.15) is 0 Å². The summed E-state index contributed by atoms with van der Waals surface area (Å²) in [6.45, 7) is 1.65. The first-order chi connectivity index (χ1) is 17.1. The lowest BCUT2D eigenvalue weighted by atomic mass is 10.1. The number of carbonyl (C=O) groups is 2. The van der Waals surface area contributed by atoms with Crippen molar-refractivity contribution in [2.45, 2.75) is 17.8 Å². The second-order valence-electron chi connectivity index (χ2n) is 7.78. The molecule has 9 heteroatoms. The van der Waals surface area contributed by atoms with E-state index in [4.69, 9.17) is 4.52 Å². The van der Waals surface area contributed by atoms with Gasteiger partial charge in [0.25, 0.3) is 11.8 Å². The van der Waals surface area contributed by atoms with Gasteiger partial charge in [0.1, 0.15) is 17.0 Å². The van der Waals surface area contributed by atoms with Gasteiger partial charge in [-0.25, -0.2) is 4.98 Å². The molecule has 0 aliphatic carbocycles. The summed E-state index contributed by atoms with van der Waals surface area (Å²) in [5.41, 5.74) is 9.75. The fraction of sp³-hybridized carbons (Fsp3) is 0.0769. The van der Waals surface area contributed by atoms with Crippen LogP contribution in [0, 0.1) is 6.92 Å². The van der Waals surface area contributed by atoms with Gasteiger partial charge in [-0.05, 0) is 36.8 Å². The molecule has 5 rings (SSSR count). The number of aryl methyl sites for hydroxylation is 1. The van der Waals surface area contributed by atoms with Crippen LogP contribution < -0.4 is 10.9 Å². The van der Waals surface area contributed by atoms with Gasteiger partial charge in [0.05, 0.1) is 11.0 Å². The predicted octanol–water partition coefficient (Wildman–Crippen LogP) is 4.89. The zero-order valence-electron chi connectivity index (χ0n) is 18.7. The minimum atomic E-state index is -0.505. The van der Waals surface area contributed by atoms with Gasteiger partial charge in [0.2, 0.25) is 0 Å². The Balaban J connectivity index is 1.18. The molecule has 174 valence electrons. The Hall–Kier alpha value is -4.37. The normalized spacial score (nSPS) is 10.9. The summed E-state index contributed by atoms with van der Waals surface area (Å²) in [5.74, 6) is 0.134. The highest BCUT2D eigenvalue weighted by Crippen LogP contribution is 2.25. The van der Waals surface area contributed by atoms with Crippen LogP contribution in [0.15, 0.2) is 88.5 Å². The van der Waals surface area contributed by atoms with Crippen molar-refractivity contribution in [1.29, 1.82) is 0 Å². The zero-order valence-corrected chi connectivity index (χ0v) is 19.6. The maximum absolute atomic E-state index is 12.8. The summed E-state index contributed by atoms with van der Waals surface area (Å²) >= 11 is 1.59. The molecule has 8 nitrogen and oxygen atoms in total. The molecule has 2 aromatic heterocycles. The minimum Gasteiger partial charge on any atom is -0.360 e. The van der Waals surface area contributed by atoms with Gasteiger partial charge in [0, 0.05) is 16.9 Å². The lowest BCUT2D eigenvalue weighted by Crippen LogP contribution is -2.41. The van der Waals surface area contributed by atoms with E-state index in [0.29, 0.717) is 22.8 Å². The van der Waals surface area contributed by atoms with Crippen LogP contribution >= 0.6 is 11.8 Å². The van der Waals surface area contributed by atoms with Crippen molar-refractivity contribution >= 4 is 34.6 Å². The monoisotopic (exact) mass is 483 g/mol. The first-order valence-electron chi connectivity index (χ1n) is 10.9. The van der Waals surface area contributed by atoms with Crippen LogP contribution in [0.1, 0.15) is 32.0 Å². The quantitative estimate of drug-likeness (QED) is 0.234. The van der Waals surface area contributed by atoms with E-state index in [2.05, 4.69) is 26.0 Å². The molecule has 0 unspecified atom stereocenters. The number of amides is 2. The van der Waals surface area contributed by atoms with Crippen molar-refractivity contribution in [2.75, 3.05) is 0 Å². The van der Waals surface area contributed by atoms with Gasteiger partial charge < -0.3 is 9.51 Å². The Bertz CT molecular complexity index is 1460. The number of hydrogen-bond donors (Lipinski definition) is 3. The number of nitrogens with zero attached hydrogens (tertiary/aromatic N) is 2. The molecule has 0 aliphatic rings. The number of hydrazine groups is 1. The Labute approximate surface area is 205 Å². The highest BCUT2D eigenvalue weighted by atomic mass is 32.2. The largest absolute Gasteiger partial charge is 0.360 e. The second kappa shape index (κ2) is 9.86. The van der Waals surface area contributed by atoms with Crippen LogP contribution in [0.4, 0.5) is 0 Å². The number of benzene rings is 3. The maximum atomic E-state index is 12.8. The molecule has 0 radical (unpaired) electrons. The molecule has 0 aliphatic heterocycles. The molecule has 2 amide bonds. The second-order valence-corrected chi connectivity index (χ2v) is 8.75. The van der Waals surface area contributed by atoms with E-state index in [9.17, 15) is 9.59 Å². The number of fused-ring (bicyclic) bond motifs is 1. The number of thioether (sulfide) groups is 1. The fourth-order valence-electron chi connectivity index (χ4n) is 3.58. The van der Waals surface area contributed by atoms with Crippen molar-refractivity contribution in [2.24, 2.45) is 0 Å². The van der Waals surface area contributed by atoms with Crippen LogP contribution in [0.2, 0.25) is 0 Å². The van der Waals surface area contributed by atoms with Crippen molar-refractivity contribution < 1.29 is 14.1 Å². The molecule has 3 N–H and O–H groups in total. The SMILES string of the molecule is Cc1onc(-c2ccccc2)c1C(=O)NNC(=O)c1ccc(CSc2nc3ccccc3[nH]2)cc1. The highest BCUT2D eigenvalue weighted by Gasteiger charge is 2.22. The third-order valence-electron chi connectivity index (χ3n) is 5.39. The predicted molar refractivity (Wildman–Crippen MR) is 134 cm³/mol. The first-order valence-corrected chi connectivity index (χ1v) is 11.9. The molecule has 2 heterocycles. The molecule has 0 spiro atoms. The van der Waals surface area contributed by atoms with E-state index in [1.54, 1.807) is 30.8 Å². The lowest BCUT2D eigenvalue weighted by Gasteiger charge is -2.08. The molecular formula is C26H21N5O3S. The zero-order chi connectivity index (χ0) is 24.2. The third-order valence-corrected chi connectivity index (χ3v) is 6.33. The highest BCUT2D eigenvalue weighted by molar-refractivity contribution is 7.98. The first kappa shape index (κ1) is 22.4. The molecule has 0 saturated carbocycles. The van der Waals surface area contributed by atoms with Crippen LogP contribution in [-0.2, 0) is 5.75 Å². The lowest BCUT2D eigenvalue weighted by molar-refractivity contribution is 0.0846. The van der Waals surface area contributed by atoms with Crippen LogP contribution in [0.25, 0.3) is 22.3 Å². The van der Waals surface area contributed by atoms with E-state index in [1.807, 2.05) is 66.7 Å². The summed E-state index contributed by atoms with van der Waals surface area (Å²) in [6, 6.07) is 24.3. The van der Waals surface area contributed by atoms with E-state index in [0.717, 1.165) is 27.3 Å². The molecule has 35 heavy (non-hydrogen) atoms. The number of para-hydroxylation sites is 2. The summed E-state index contributed by atoms with van der Waals surface area (Å²) in [6.07, 6.45) is 0. The topological polar surface area (TPSA) is 113 Å². The van der Waals surface area contributed by atoms with Crippen LogP contribution in [0.5, 0.6) is 0 Å². The molecule has 5 aromatic rings. The van der Waals surface area contributed by atoms with E-state index in [1.165, 1.54) is 0 Å². The minimum absolute atomic E-state index is 0.273. The standard InChI is InChI=1S/C26H21N5O3S/c1-16-22(23(31-34-16)18-7-3-2-4-8-18)25(33)30-29-24(32)19-13-11-17(12-14-19)15-35-26-27-20-9-5-6-10-21(20)28-26/h2-14H,15H2,1H3,(H,27,28)(H,29,32)(H,30,33). The average molecular weight is 484 g/mol. The van der Waals surface area contributed by atoms with E-state index < -0.39 is 11.8 Å². The molecule has 0 bridgehead atoms. The van der Waals surface area contributed by atoms with Gasteiger partial charge >= 0.3 is 0 Å². The number of carbonyl (C=O) groups excluding carboxylic acids is 2. The average Bonchev–Trinajstić information content (AvgIpc) is 3.49. The van der Waals surface area contributed by atoms with Crippen molar-refractivity contribution in [1.82, 2.24) is 26.0 Å². The van der Waals surface area contributed by atoms with Gasteiger partial charge in [-0.1, -0.05) is 71.5 Å². The van der Waals surface area contributed by atoms with Crippen LogP contribution in [-0.4, -0.2) is 26.9 Å². The summed E-state index contributed by atoms with van der Waals surface area (Å²) in [4.78, 5) is 33.2. The number of nitrogens with one attached hydrogen (secondary N) is 3. The number of rotatable bonds is 6. The number of aromatic nitrogens is 3. The third kappa shape index (κ3) is 4.95. The smallest absolute Gasteiger partial charge is 0.275 e. The molecule has 0 atom stereocenters. The van der Waals surface area contributed by atoms with Crippen LogP contribution in [0.3, 0.4) is 0 Å². The fourth-order valence-corrected chi connectivity index (χ4v) is 4.42. The Morgan fingerprint density at radius 3 is 2.40 bits per heavy atom. The number of aromatic amines is 1. The molecule has 3 aromatic carbocycles. The summed E-state index contributed by atoms with van der Waals surface area (Å²) in [7, 11) is 0. The van der Waals surface area contributed by atoms with Crippen molar-refractivity contribution in [3.8, 4) is 11.3 Å². The summed E-state index contributed by atoms with van der Waals surface area (Å²) < 4.78 is 5.22. The molecule has 0 saturated heterocycles.